The molecule has 4 heterocycles. The fourth-order valence-electron chi connectivity index (χ4n) is 4.18. The Bertz CT molecular complexity index is 1290. The quantitative estimate of drug-likeness (QED) is 0.375. The van der Waals surface area contributed by atoms with Gasteiger partial charge in [-0.3, -0.25) is 9.78 Å². The van der Waals surface area contributed by atoms with Crippen molar-refractivity contribution in [2.75, 3.05) is 0 Å². The molecule has 0 bridgehead atoms. The van der Waals surface area contributed by atoms with Crippen molar-refractivity contribution in [3.05, 3.63) is 54.5 Å². The molecule has 8 heteroatoms. The zero-order valence-electron chi connectivity index (χ0n) is 20.6. The minimum absolute atomic E-state index is 0.00438. The Morgan fingerprint density at radius 2 is 1.74 bits per heavy atom. The highest BCUT2D eigenvalue weighted by atomic mass is 16.5. The molecule has 0 aliphatic heterocycles. The normalized spacial score (nSPS) is 19.6. The molecule has 0 radical (unpaired) electrons. The number of rotatable bonds is 5. The highest BCUT2D eigenvalue weighted by Gasteiger charge is 2.38. The topological polar surface area (TPSA) is 114 Å². The van der Waals surface area contributed by atoms with E-state index in [1.165, 1.54) is 0 Å². The highest BCUT2D eigenvalue weighted by molar-refractivity contribution is 5.76. The lowest BCUT2D eigenvalue weighted by atomic mass is 9.75. The first kappa shape index (κ1) is 24.3. The summed E-state index contributed by atoms with van der Waals surface area (Å²) in [5.74, 6) is 0.550. The number of carboxylic acid groups (broad SMARTS) is 1. The number of aromatic nitrogens is 5. The van der Waals surface area contributed by atoms with Crippen molar-refractivity contribution in [1.82, 2.24) is 24.9 Å². The van der Waals surface area contributed by atoms with Crippen molar-refractivity contribution in [3.63, 3.8) is 0 Å². The largest absolute Gasteiger partial charge is 0.481 e. The van der Waals surface area contributed by atoms with Gasteiger partial charge in [-0.1, -0.05) is 13.8 Å². The molecule has 1 aliphatic carbocycles. The van der Waals surface area contributed by atoms with Crippen LogP contribution in [-0.4, -0.2) is 42.1 Å². The lowest BCUT2D eigenvalue weighted by molar-refractivity contribution is -0.150. The number of hydrogen-bond donors (Lipinski definition) is 2. The van der Waals surface area contributed by atoms with Crippen molar-refractivity contribution in [1.29, 1.82) is 0 Å². The van der Waals surface area contributed by atoms with Crippen LogP contribution < -0.4 is 4.74 Å². The molecule has 4 aromatic rings. The number of carboxylic acids is 1. The van der Waals surface area contributed by atoms with Gasteiger partial charge in [0.15, 0.2) is 5.65 Å². The average Bonchev–Trinajstić information content (AvgIpc) is 3.30. The zero-order valence-corrected chi connectivity index (χ0v) is 20.6. The summed E-state index contributed by atoms with van der Waals surface area (Å²) in [5.41, 5.74) is 4.59. The van der Waals surface area contributed by atoms with Gasteiger partial charge in [0.2, 0.25) is 5.88 Å². The fraction of sp³-hybridized carbons (Fsp3) is 0.370. The van der Waals surface area contributed by atoms with Crippen molar-refractivity contribution < 1.29 is 14.6 Å². The number of hydrogen-bond acceptors (Lipinski definition) is 6. The smallest absolute Gasteiger partial charge is 0.309 e. The van der Waals surface area contributed by atoms with Gasteiger partial charge in [-0.15, -0.1) is 0 Å². The lowest BCUT2D eigenvalue weighted by Crippen LogP contribution is -2.36. The van der Waals surface area contributed by atoms with Crippen LogP contribution in [0.5, 0.6) is 5.88 Å². The van der Waals surface area contributed by atoms with Crippen LogP contribution in [0.2, 0.25) is 0 Å². The molecule has 4 aromatic heterocycles. The SMILES string of the molecule is CC.Cc1cnc2nc(-c3ccc(-c4ccc(OC5CCC(C)(C(=O)O)CC5)nc4)nc3)[nH]c2c1. The van der Waals surface area contributed by atoms with Crippen LogP contribution in [0.1, 0.15) is 52.0 Å². The van der Waals surface area contributed by atoms with E-state index in [9.17, 15) is 9.90 Å². The van der Waals surface area contributed by atoms with Crippen molar-refractivity contribution in [2.24, 2.45) is 5.41 Å². The number of imidazole rings is 1. The van der Waals surface area contributed by atoms with E-state index in [-0.39, 0.29) is 6.10 Å². The van der Waals surface area contributed by atoms with Crippen molar-refractivity contribution in [2.45, 2.75) is 59.5 Å². The number of fused-ring (bicyclic) bond motifs is 1. The number of nitrogens with one attached hydrogen (secondary N) is 1. The van der Waals surface area contributed by atoms with E-state index in [2.05, 4.69) is 24.9 Å². The average molecular weight is 474 g/mol. The number of H-pyrrole nitrogens is 1. The maximum Gasteiger partial charge on any atom is 0.309 e. The van der Waals surface area contributed by atoms with Gasteiger partial charge in [0.25, 0.3) is 0 Å². The number of aryl methyl sites for hydroxylation is 1. The van der Waals surface area contributed by atoms with Gasteiger partial charge in [-0.25, -0.2) is 15.0 Å². The molecular formula is C27H31N5O3. The third-order valence-corrected chi connectivity index (χ3v) is 6.38. The molecule has 0 saturated heterocycles. The van der Waals surface area contributed by atoms with Crippen LogP contribution in [0.3, 0.4) is 0 Å². The van der Waals surface area contributed by atoms with Crippen LogP contribution in [-0.2, 0) is 4.79 Å². The third kappa shape index (κ3) is 5.31. The number of carbonyl (C=O) groups is 1. The van der Waals surface area contributed by atoms with Crippen molar-refractivity contribution in [3.8, 4) is 28.5 Å². The molecular weight excluding hydrogens is 442 g/mol. The first-order valence-electron chi connectivity index (χ1n) is 12.0. The van der Waals surface area contributed by atoms with Crippen LogP contribution in [0.4, 0.5) is 0 Å². The van der Waals surface area contributed by atoms with Crippen LogP contribution in [0, 0.1) is 12.3 Å². The summed E-state index contributed by atoms with van der Waals surface area (Å²) in [5, 5.41) is 9.37. The molecule has 0 spiro atoms. The minimum atomic E-state index is -0.728. The van der Waals surface area contributed by atoms with E-state index in [1.54, 1.807) is 18.6 Å². The first-order chi connectivity index (χ1) is 16.9. The molecule has 35 heavy (non-hydrogen) atoms. The molecule has 1 aliphatic rings. The van der Waals surface area contributed by atoms with E-state index < -0.39 is 11.4 Å². The molecule has 182 valence electrons. The maximum absolute atomic E-state index is 11.4. The maximum atomic E-state index is 11.4. The monoisotopic (exact) mass is 473 g/mol. The Morgan fingerprint density at radius 1 is 1.03 bits per heavy atom. The summed E-state index contributed by atoms with van der Waals surface area (Å²) in [6.07, 6.45) is 7.98. The van der Waals surface area contributed by atoms with Gasteiger partial charge in [0.05, 0.1) is 16.6 Å². The highest BCUT2D eigenvalue weighted by Crippen LogP contribution is 2.37. The van der Waals surface area contributed by atoms with E-state index in [0.29, 0.717) is 37.2 Å². The van der Waals surface area contributed by atoms with Crippen LogP contribution in [0.25, 0.3) is 33.8 Å². The first-order valence-corrected chi connectivity index (χ1v) is 12.0. The van der Waals surface area contributed by atoms with Crippen LogP contribution >= 0.6 is 0 Å². The van der Waals surface area contributed by atoms with Gasteiger partial charge in [0, 0.05) is 35.8 Å². The number of nitrogens with zero attached hydrogens (tertiary/aromatic N) is 4. The molecule has 1 fully saturated rings. The van der Waals surface area contributed by atoms with Gasteiger partial charge < -0.3 is 14.8 Å². The van der Waals surface area contributed by atoms with Gasteiger partial charge >= 0.3 is 5.97 Å². The second-order valence-electron chi connectivity index (χ2n) is 8.97. The standard InChI is InChI=1S/C25H25N5O3.C2H6/c1-15-11-20-23(28-12-15)30-22(29-20)17-3-5-19(26-14-17)16-4-6-21(27-13-16)33-18-7-9-25(2,10-8-18)24(31)32;1-2/h3-6,11-14,18H,7-10H2,1-2H3,(H,31,32)(H,28,29,30);1-2H3. The predicted molar refractivity (Wildman–Crippen MR) is 135 cm³/mol. The Morgan fingerprint density at radius 3 is 2.37 bits per heavy atom. The second kappa shape index (κ2) is 10.2. The van der Waals surface area contributed by atoms with Crippen LogP contribution in [0.15, 0.2) is 48.9 Å². The Balaban J connectivity index is 0.00000141. The van der Waals surface area contributed by atoms with E-state index in [0.717, 1.165) is 33.7 Å². The second-order valence-corrected chi connectivity index (χ2v) is 8.97. The summed E-state index contributed by atoms with van der Waals surface area (Å²) in [6, 6.07) is 9.70. The van der Waals surface area contributed by atoms with E-state index in [1.807, 2.05) is 58.0 Å². The van der Waals surface area contributed by atoms with Gasteiger partial charge in [0.1, 0.15) is 11.9 Å². The van der Waals surface area contributed by atoms with Gasteiger partial charge in [-0.05, 0) is 69.4 Å². The lowest BCUT2D eigenvalue weighted by Gasteiger charge is -2.33. The number of aromatic amines is 1. The molecule has 5 rings (SSSR count). The van der Waals surface area contributed by atoms with Crippen molar-refractivity contribution >= 4 is 17.1 Å². The fourth-order valence-corrected chi connectivity index (χ4v) is 4.18. The molecule has 2 N–H and O–H groups in total. The predicted octanol–water partition coefficient (Wildman–Crippen LogP) is 5.83. The summed E-state index contributed by atoms with van der Waals surface area (Å²) in [6.45, 7) is 7.81. The Labute approximate surface area is 204 Å². The summed E-state index contributed by atoms with van der Waals surface area (Å²) < 4.78 is 5.99. The number of aliphatic carboxylic acids is 1. The Kier molecular flexibility index (Phi) is 7.10. The molecule has 0 unspecified atom stereocenters. The summed E-state index contributed by atoms with van der Waals surface area (Å²) >= 11 is 0. The van der Waals surface area contributed by atoms with E-state index in [4.69, 9.17) is 4.74 Å². The summed E-state index contributed by atoms with van der Waals surface area (Å²) in [4.78, 5) is 32.6. The zero-order chi connectivity index (χ0) is 25.0. The third-order valence-electron chi connectivity index (χ3n) is 6.38. The summed E-state index contributed by atoms with van der Waals surface area (Å²) in [7, 11) is 0. The molecule has 0 aromatic carbocycles. The molecule has 0 amide bonds. The molecule has 0 atom stereocenters. The number of ether oxygens (including phenoxy) is 1. The molecule has 1 saturated carbocycles. The minimum Gasteiger partial charge on any atom is -0.481 e. The van der Waals surface area contributed by atoms with Gasteiger partial charge in [-0.2, -0.15) is 0 Å². The number of pyridine rings is 3. The molecule has 8 nitrogen and oxygen atoms in total. The van der Waals surface area contributed by atoms with E-state index >= 15 is 0 Å². The Hall–Kier alpha value is -3.81.